The minimum atomic E-state index is -0.130. The number of halogens is 1. The van der Waals surface area contributed by atoms with Crippen LogP contribution in [0.1, 0.15) is 23.6 Å². The van der Waals surface area contributed by atoms with Crippen LogP contribution in [0.3, 0.4) is 0 Å². The maximum Gasteiger partial charge on any atom is 0.126 e. The van der Waals surface area contributed by atoms with Gasteiger partial charge in [0.05, 0.1) is 0 Å². The van der Waals surface area contributed by atoms with E-state index in [2.05, 4.69) is 0 Å². The molecule has 72 valence electrons. The summed E-state index contributed by atoms with van der Waals surface area (Å²) in [6, 6.07) is 3.56. The van der Waals surface area contributed by atoms with Gasteiger partial charge in [-0.05, 0) is 49.9 Å². The van der Waals surface area contributed by atoms with Crippen molar-refractivity contribution in [3.8, 4) is 0 Å². The lowest BCUT2D eigenvalue weighted by atomic mass is 9.99. The van der Waals surface area contributed by atoms with Crippen molar-refractivity contribution in [1.29, 1.82) is 0 Å². The van der Waals surface area contributed by atoms with E-state index in [4.69, 9.17) is 5.73 Å². The van der Waals surface area contributed by atoms with E-state index in [1.807, 2.05) is 26.8 Å². The van der Waals surface area contributed by atoms with Crippen LogP contribution in [0, 0.1) is 19.7 Å². The highest BCUT2D eigenvalue weighted by atomic mass is 19.1. The molecule has 0 spiro atoms. The summed E-state index contributed by atoms with van der Waals surface area (Å²) in [6.45, 7) is 5.71. The van der Waals surface area contributed by atoms with Crippen molar-refractivity contribution in [2.24, 2.45) is 5.73 Å². The summed E-state index contributed by atoms with van der Waals surface area (Å²) in [5.41, 5.74) is 8.34. The van der Waals surface area contributed by atoms with Crippen LogP contribution < -0.4 is 5.73 Å². The number of aryl methyl sites for hydroxylation is 2. The van der Waals surface area contributed by atoms with Crippen LogP contribution in [0.25, 0.3) is 0 Å². The minimum absolute atomic E-state index is 0.0101. The Labute approximate surface area is 78.8 Å². The fourth-order valence-electron chi connectivity index (χ4n) is 1.53. The van der Waals surface area contributed by atoms with E-state index in [0.29, 0.717) is 6.42 Å². The molecule has 0 aliphatic rings. The molecule has 0 radical (unpaired) electrons. The fourth-order valence-corrected chi connectivity index (χ4v) is 1.53. The summed E-state index contributed by atoms with van der Waals surface area (Å²) >= 11 is 0. The molecular weight excluding hydrogens is 165 g/mol. The zero-order chi connectivity index (χ0) is 10.0. The highest BCUT2D eigenvalue weighted by Gasteiger charge is 2.08. The van der Waals surface area contributed by atoms with E-state index in [-0.39, 0.29) is 11.9 Å². The molecule has 0 bridgehead atoms. The van der Waals surface area contributed by atoms with Gasteiger partial charge < -0.3 is 5.73 Å². The number of benzene rings is 1. The Balaban J connectivity index is 3.06. The first-order valence-corrected chi connectivity index (χ1v) is 4.52. The Morgan fingerprint density at radius 3 is 2.46 bits per heavy atom. The van der Waals surface area contributed by atoms with E-state index in [1.165, 1.54) is 0 Å². The molecule has 0 aliphatic carbocycles. The molecule has 2 heteroatoms. The molecule has 0 heterocycles. The molecule has 0 saturated heterocycles. The van der Waals surface area contributed by atoms with Crippen LogP contribution in [-0.4, -0.2) is 6.04 Å². The summed E-state index contributed by atoms with van der Waals surface area (Å²) in [5, 5.41) is 0. The Hall–Kier alpha value is -0.890. The van der Waals surface area contributed by atoms with Crippen LogP contribution in [0.15, 0.2) is 12.1 Å². The zero-order valence-electron chi connectivity index (χ0n) is 8.39. The van der Waals surface area contributed by atoms with Crippen molar-refractivity contribution in [2.45, 2.75) is 33.2 Å². The topological polar surface area (TPSA) is 26.0 Å². The van der Waals surface area contributed by atoms with Crippen LogP contribution in [0.2, 0.25) is 0 Å². The normalized spacial score (nSPS) is 13.0. The molecule has 0 fully saturated rings. The lowest BCUT2D eigenvalue weighted by Crippen LogP contribution is -2.19. The predicted molar refractivity (Wildman–Crippen MR) is 53.2 cm³/mol. The summed E-state index contributed by atoms with van der Waals surface area (Å²) in [7, 11) is 0. The van der Waals surface area contributed by atoms with Crippen molar-refractivity contribution < 1.29 is 4.39 Å². The molecule has 0 aliphatic heterocycles. The predicted octanol–water partition coefficient (Wildman–Crippen LogP) is 2.33. The second-order valence-corrected chi connectivity index (χ2v) is 3.72. The van der Waals surface area contributed by atoms with E-state index < -0.39 is 0 Å². The summed E-state index contributed by atoms with van der Waals surface area (Å²) in [5.74, 6) is -0.130. The number of hydrogen-bond acceptors (Lipinski definition) is 1. The van der Waals surface area contributed by atoms with Gasteiger partial charge in [0, 0.05) is 6.04 Å². The number of hydrogen-bond donors (Lipinski definition) is 1. The van der Waals surface area contributed by atoms with Gasteiger partial charge >= 0.3 is 0 Å². The molecule has 0 aromatic heterocycles. The number of rotatable bonds is 2. The quantitative estimate of drug-likeness (QED) is 0.744. The van der Waals surface area contributed by atoms with E-state index >= 15 is 0 Å². The Morgan fingerprint density at radius 1 is 1.38 bits per heavy atom. The highest BCUT2D eigenvalue weighted by molar-refractivity contribution is 5.32. The molecule has 1 nitrogen and oxygen atoms in total. The van der Waals surface area contributed by atoms with Crippen molar-refractivity contribution >= 4 is 0 Å². The van der Waals surface area contributed by atoms with Gasteiger partial charge in [0.25, 0.3) is 0 Å². The third-order valence-electron chi connectivity index (χ3n) is 2.09. The first kappa shape index (κ1) is 10.2. The van der Waals surface area contributed by atoms with Gasteiger partial charge in [0.2, 0.25) is 0 Å². The van der Waals surface area contributed by atoms with Crippen LogP contribution in [-0.2, 0) is 6.42 Å². The van der Waals surface area contributed by atoms with Gasteiger partial charge in [-0.1, -0.05) is 6.07 Å². The summed E-state index contributed by atoms with van der Waals surface area (Å²) in [4.78, 5) is 0. The molecule has 1 atom stereocenters. The van der Waals surface area contributed by atoms with E-state index in [9.17, 15) is 4.39 Å². The highest BCUT2D eigenvalue weighted by Crippen LogP contribution is 2.16. The van der Waals surface area contributed by atoms with E-state index in [1.54, 1.807) is 6.07 Å². The SMILES string of the molecule is Cc1cc(C)c(CC(C)N)c(F)c1. The largest absolute Gasteiger partial charge is 0.328 e. The van der Waals surface area contributed by atoms with Crippen molar-refractivity contribution in [3.05, 3.63) is 34.6 Å². The first-order chi connectivity index (χ1) is 6.00. The van der Waals surface area contributed by atoms with Crippen LogP contribution >= 0.6 is 0 Å². The van der Waals surface area contributed by atoms with Crippen molar-refractivity contribution in [2.75, 3.05) is 0 Å². The average Bonchev–Trinajstić information content (AvgIpc) is 1.96. The smallest absolute Gasteiger partial charge is 0.126 e. The lowest BCUT2D eigenvalue weighted by Gasteiger charge is -2.10. The molecule has 13 heavy (non-hydrogen) atoms. The van der Waals surface area contributed by atoms with Gasteiger partial charge in [-0.2, -0.15) is 0 Å². The zero-order valence-corrected chi connectivity index (χ0v) is 8.39. The van der Waals surface area contributed by atoms with Gasteiger partial charge in [0.15, 0.2) is 0 Å². The molecule has 0 amide bonds. The monoisotopic (exact) mass is 181 g/mol. The third kappa shape index (κ3) is 2.52. The Kier molecular flexibility index (Phi) is 3.04. The minimum Gasteiger partial charge on any atom is -0.328 e. The van der Waals surface area contributed by atoms with Gasteiger partial charge in [0.1, 0.15) is 5.82 Å². The standard InChI is InChI=1S/C11H16FN/c1-7-4-8(2)10(6-9(3)13)11(12)5-7/h4-5,9H,6,13H2,1-3H3. The second kappa shape index (κ2) is 3.88. The first-order valence-electron chi connectivity index (χ1n) is 4.52. The fraction of sp³-hybridized carbons (Fsp3) is 0.455. The Morgan fingerprint density at radius 2 is 2.00 bits per heavy atom. The molecule has 1 aromatic carbocycles. The van der Waals surface area contributed by atoms with Gasteiger partial charge in [-0.3, -0.25) is 0 Å². The van der Waals surface area contributed by atoms with Crippen LogP contribution in [0.5, 0.6) is 0 Å². The lowest BCUT2D eigenvalue weighted by molar-refractivity contribution is 0.592. The van der Waals surface area contributed by atoms with Crippen molar-refractivity contribution in [3.63, 3.8) is 0 Å². The number of nitrogens with two attached hydrogens (primary N) is 1. The molecule has 0 saturated carbocycles. The van der Waals surface area contributed by atoms with E-state index in [0.717, 1.165) is 16.7 Å². The molecule has 1 rings (SSSR count). The average molecular weight is 181 g/mol. The molecular formula is C11H16FN. The van der Waals surface area contributed by atoms with Crippen LogP contribution in [0.4, 0.5) is 4.39 Å². The molecule has 2 N–H and O–H groups in total. The summed E-state index contributed by atoms with van der Waals surface area (Å²) < 4.78 is 13.4. The summed E-state index contributed by atoms with van der Waals surface area (Å²) in [6.07, 6.45) is 0.609. The third-order valence-corrected chi connectivity index (χ3v) is 2.09. The van der Waals surface area contributed by atoms with Gasteiger partial charge in [-0.15, -0.1) is 0 Å². The van der Waals surface area contributed by atoms with Crippen molar-refractivity contribution in [1.82, 2.24) is 0 Å². The molecule has 1 unspecified atom stereocenters. The molecule has 1 aromatic rings. The van der Waals surface area contributed by atoms with Gasteiger partial charge in [-0.25, -0.2) is 4.39 Å². The maximum absolute atomic E-state index is 13.4. The Bertz CT molecular complexity index is 282. The second-order valence-electron chi connectivity index (χ2n) is 3.72. The maximum atomic E-state index is 13.4.